The van der Waals surface area contributed by atoms with Crippen LogP contribution >= 0.6 is 0 Å². The highest BCUT2D eigenvalue weighted by Gasteiger charge is 1.97. The first kappa shape index (κ1) is 10.0. The molecule has 0 unspecified atom stereocenters. The zero-order valence-corrected chi connectivity index (χ0v) is 5.93. The van der Waals surface area contributed by atoms with Gasteiger partial charge in [-0.3, -0.25) is 4.98 Å². The fourth-order valence-corrected chi connectivity index (χ4v) is 0.494. The van der Waals surface area contributed by atoms with Gasteiger partial charge in [-0.1, -0.05) is 0 Å². The van der Waals surface area contributed by atoms with Gasteiger partial charge >= 0.3 is 12.1 Å². The summed E-state index contributed by atoms with van der Waals surface area (Å²) in [7, 11) is 0. The highest BCUT2D eigenvalue weighted by Crippen LogP contribution is 1.93. The van der Waals surface area contributed by atoms with Crippen molar-refractivity contribution in [3.63, 3.8) is 0 Å². The van der Waals surface area contributed by atoms with Crippen molar-refractivity contribution < 1.29 is 19.5 Å². The van der Waals surface area contributed by atoms with Crippen LogP contribution in [-0.4, -0.2) is 22.2 Å². The van der Waals surface area contributed by atoms with Gasteiger partial charge in [0.05, 0.1) is 5.56 Å². The fraction of sp³-hybridized carbons (Fsp3) is 0. The molecule has 1 aromatic rings. The summed E-state index contributed by atoms with van der Waals surface area (Å²) < 4.78 is 0. The van der Waals surface area contributed by atoms with Crippen LogP contribution in [0.15, 0.2) is 24.5 Å². The molecule has 1 N–H and O–H groups in total. The maximum absolute atomic E-state index is 10.2. The minimum Gasteiger partial charge on any atom is -0.478 e. The Labute approximate surface area is 67.7 Å². The predicted molar refractivity (Wildman–Crippen MR) is 36.2 cm³/mol. The van der Waals surface area contributed by atoms with Crippen LogP contribution in [-0.2, 0) is 9.59 Å². The van der Waals surface area contributed by atoms with Crippen LogP contribution in [0.1, 0.15) is 10.4 Å². The van der Waals surface area contributed by atoms with Gasteiger partial charge in [-0.25, -0.2) is 4.79 Å². The predicted octanol–water partition coefficient (Wildman–Crippen LogP) is 0.196. The third-order valence-electron chi connectivity index (χ3n) is 0.927. The molecule has 0 saturated carbocycles. The van der Waals surface area contributed by atoms with Crippen LogP contribution in [0.3, 0.4) is 0 Å². The van der Waals surface area contributed by atoms with Crippen molar-refractivity contribution in [1.29, 1.82) is 0 Å². The Balaban J connectivity index is 0.000000354. The molecule has 0 bridgehead atoms. The Bertz CT molecular complexity index is 277. The summed E-state index contributed by atoms with van der Waals surface area (Å²) in [6, 6.07) is 2.89. The van der Waals surface area contributed by atoms with Crippen molar-refractivity contribution in [2.24, 2.45) is 0 Å². The van der Waals surface area contributed by atoms with Crippen LogP contribution in [0.5, 0.6) is 0 Å². The average Bonchev–Trinajstić information content (AvgIpc) is 2.07. The highest BCUT2D eigenvalue weighted by atomic mass is 16.4. The lowest BCUT2D eigenvalue weighted by molar-refractivity contribution is -0.191. The molecule has 0 aromatic carbocycles. The zero-order valence-electron chi connectivity index (χ0n) is 5.93. The van der Waals surface area contributed by atoms with E-state index in [1.807, 2.05) is 0 Å². The quantitative estimate of drug-likeness (QED) is 0.645. The van der Waals surface area contributed by atoms with Crippen LogP contribution in [0.25, 0.3) is 0 Å². The largest absolute Gasteiger partial charge is 0.478 e. The molecule has 0 spiro atoms. The normalized spacial score (nSPS) is 7.33. The second kappa shape index (κ2) is 5.76. The van der Waals surface area contributed by atoms with Crippen LogP contribution in [0.2, 0.25) is 0 Å². The van der Waals surface area contributed by atoms with E-state index in [1.165, 1.54) is 24.5 Å². The van der Waals surface area contributed by atoms with Gasteiger partial charge < -0.3 is 5.11 Å². The van der Waals surface area contributed by atoms with E-state index in [0.29, 0.717) is 0 Å². The number of nitrogens with zero attached hydrogens (tertiary/aromatic N) is 1. The molecule has 0 saturated heterocycles. The summed E-state index contributed by atoms with van der Waals surface area (Å²) in [6.45, 7) is 0. The molecule has 0 aliphatic heterocycles. The molecule has 62 valence electrons. The van der Waals surface area contributed by atoms with Gasteiger partial charge in [-0.05, 0) is 12.1 Å². The molecule has 0 radical (unpaired) electrons. The summed E-state index contributed by atoms with van der Waals surface area (Å²) in [5, 5.41) is 8.36. The second-order valence-corrected chi connectivity index (χ2v) is 1.62. The van der Waals surface area contributed by atoms with Gasteiger partial charge in [0.2, 0.25) is 0 Å². The molecule has 0 aliphatic carbocycles. The van der Waals surface area contributed by atoms with E-state index in [4.69, 9.17) is 14.7 Å². The van der Waals surface area contributed by atoms with E-state index in [0.717, 1.165) is 0 Å². The van der Waals surface area contributed by atoms with E-state index in [2.05, 4.69) is 4.98 Å². The molecule has 1 heterocycles. The Kier molecular flexibility index (Phi) is 4.80. The lowest BCUT2D eigenvalue weighted by atomic mass is 10.3. The second-order valence-electron chi connectivity index (χ2n) is 1.62. The molecule has 5 nitrogen and oxygen atoms in total. The number of carbonyl (C=O) groups is 1. The molecule has 0 aliphatic rings. The lowest BCUT2D eigenvalue weighted by Crippen LogP contribution is -1.94. The van der Waals surface area contributed by atoms with E-state index in [-0.39, 0.29) is 11.7 Å². The first-order valence-corrected chi connectivity index (χ1v) is 2.85. The van der Waals surface area contributed by atoms with E-state index in [9.17, 15) is 4.79 Å². The number of rotatable bonds is 1. The van der Waals surface area contributed by atoms with Gasteiger partial charge in [0.15, 0.2) is 0 Å². The number of hydrogen-bond acceptors (Lipinski definition) is 4. The third kappa shape index (κ3) is 3.92. The van der Waals surface area contributed by atoms with Gasteiger partial charge in [0.25, 0.3) is 0 Å². The molecular formula is C7H5NO4. The molecule has 5 heteroatoms. The van der Waals surface area contributed by atoms with Gasteiger partial charge in [0.1, 0.15) is 0 Å². The topological polar surface area (TPSA) is 84.3 Å². The van der Waals surface area contributed by atoms with Crippen molar-refractivity contribution >= 4 is 12.1 Å². The third-order valence-corrected chi connectivity index (χ3v) is 0.927. The average molecular weight is 167 g/mol. The van der Waals surface area contributed by atoms with Crippen LogP contribution in [0.4, 0.5) is 0 Å². The SMILES string of the molecule is O=C(O)c1ccncc1.O=C=O. The Hall–Kier alpha value is -2.00. The number of hydrogen-bond donors (Lipinski definition) is 1. The Morgan fingerprint density at radius 2 is 1.75 bits per heavy atom. The molecule has 1 aromatic heterocycles. The van der Waals surface area contributed by atoms with Gasteiger partial charge in [-0.2, -0.15) is 9.59 Å². The number of carboxylic acid groups (broad SMARTS) is 1. The van der Waals surface area contributed by atoms with Crippen molar-refractivity contribution in [1.82, 2.24) is 4.98 Å². The van der Waals surface area contributed by atoms with E-state index >= 15 is 0 Å². The maximum Gasteiger partial charge on any atom is 0.373 e. The highest BCUT2D eigenvalue weighted by molar-refractivity contribution is 5.87. The standard InChI is InChI=1S/C6H5NO2.CO2/c8-6(9)5-1-3-7-4-2-5;2-1-3/h1-4H,(H,8,9);. The van der Waals surface area contributed by atoms with Gasteiger partial charge in [-0.15, -0.1) is 0 Å². The smallest absolute Gasteiger partial charge is 0.373 e. The summed E-state index contributed by atoms with van der Waals surface area (Å²) in [5.74, 6) is -0.919. The zero-order chi connectivity index (χ0) is 9.40. The molecule has 12 heavy (non-hydrogen) atoms. The Morgan fingerprint density at radius 1 is 1.33 bits per heavy atom. The molecule has 1 rings (SSSR count). The summed E-state index contributed by atoms with van der Waals surface area (Å²) in [5.41, 5.74) is 0.269. The number of carbonyl (C=O) groups excluding carboxylic acids is 2. The van der Waals surface area contributed by atoms with E-state index in [1.54, 1.807) is 0 Å². The van der Waals surface area contributed by atoms with Crippen molar-refractivity contribution in [2.45, 2.75) is 0 Å². The summed E-state index contributed by atoms with van der Waals surface area (Å²) >= 11 is 0. The molecular weight excluding hydrogens is 162 g/mol. The minimum atomic E-state index is -0.919. The van der Waals surface area contributed by atoms with Crippen LogP contribution in [0, 0.1) is 0 Å². The van der Waals surface area contributed by atoms with Crippen molar-refractivity contribution in [2.75, 3.05) is 0 Å². The number of aromatic nitrogens is 1. The minimum absolute atomic E-state index is 0.250. The van der Waals surface area contributed by atoms with Gasteiger partial charge in [0, 0.05) is 12.4 Å². The lowest BCUT2D eigenvalue weighted by Gasteiger charge is -1.87. The number of aromatic carboxylic acids is 1. The maximum atomic E-state index is 10.2. The van der Waals surface area contributed by atoms with E-state index < -0.39 is 5.97 Å². The number of carboxylic acids is 1. The monoisotopic (exact) mass is 167 g/mol. The first-order valence-electron chi connectivity index (χ1n) is 2.85. The Morgan fingerprint density at radius 3 is 2.00 bits per heavy atom. The summed E-state index contributed by atoms with van der Waals surface area (Å²) in [6.07, 6.45) is 3.15. The first-order chi connectivity index (χ1) is 5.72. The fourth-order valence-electron chi connectivity index (χ4n) is 0.494. The van der Waals surface area contributed by atoms with Crippen LogP contribution < -0.4 is 0 Å². The van der Waals surface area contributed by atoms with Crippen molar-refractivity contribution in [3.8, 4) is 0 Å². The molecule has 0 fully saturated rings. The molecule has 0 amide bonds. The summed E-state index contributed by atoms with van der Waals surface area (Å²) in [4.78, 5) is 30.1. The van der Waals surface area contributed by atoms with Crippen molar-refractivity contribution in [3.05, 3.63) is 30.1 Å². The molecule has 0 atom stereocenters. The number of pyridine rings is 1.